The number of hydrogen-bond donors (Lipinski definition) is 0. The topological polar surface area (TPSA) is 12.5 Å². The van der Waals surface area contributed by atoms with Gasteiger partial charge in [-0.15, -0.1) is 6.42 Å². The Hall–Kier alpha value is -0.520. The fraction of sp³-hybridized carbons (Fsp3) is 0.800. The van der Waals surface area contributed by atoms with Crippen LogP contribution in [0, 0.1) is 12.3 Å². The number of likely N-dealkylation sites (N-methyl/N-ethyl adjacent to an activating group) is 1. The smallest absolute Gasteiger partial charge is 0.0597 e. The first kappa shape index (κ1) is 14.0. The maximum atomic E-state index is 5.35. The van der Waals surface area contributed by atoms with Gasteiger partial charge >= 0.3 is 0 Å². The van der Waals surface area contributed by atoms with E-state index in [0.29, 0.717) is 12.6 Å². The molecule has 0 fully saturated rings. The van der Waals surface area contributed by atoms with Gasteiger partial charge in [-0.05, 0) is 20.9 Å². The van der Waals surface area contributed by atoms with Crippen molar-refractivity contribution in [3.05, 3.63) is 0 Å². The highest BCUT2D eigenvalue weighted by atomic mass is 16.5. The predicted octanol–water partition coefficient (Wildman–Crippen LogP) is 1.61. The van der Waals surface area contributed by atoms with Gasteiger partial charge in [0.25, 0.3) is 0 Å². The van der Waals surface area contributed by atoms with E-state index in [1.165, 1.54) is 0 Å². The van der Waals surface area contributed by atoms with E-state index < -0.39 is 0 Å². The second kappa shape index (κ2) is 8.58. The highest BCUT2D eigenvalue weighted by molar-refractivity contribution is 4.86. The molecule has 12 heavy (non-hydrogen) atoms. The molecule has 0 amide bonds. The highest BCUT2D eigenvalue weighted by Gasteiger charge is 1.96. The van der Waals surface area contributed by atoms with Crippen molar-refractivity contribution >= 4 is 0 Å². The quantitative estimate of drug-likeness (QED) is 0.583. The van der Waals surface area contributed by atoms with E-state index >= 15 is 0 Å². The van der Waals surface area contributed by atoms with Crippen molar-refractivity contribution in [3.8, 4) is 12.3 Å². The summed E-state index contributed by atoms with van der Waals surface area (Å²) in [5, 5.41) is 0. The molecule has 72 valence electrons. The van der Waals surface area contributed by atoms with E-state index in [1.807, 2.05) is 20.9 Å². The fourth-order valence-electron chi connectivity index (χ4n) is 0.679. The van der Waals surface area contributed by atoms with Gasteiger partial charge in [0.15, 0.2) is 0 Å². The van der Waals surface area contributed by atoms with Crippen LogP contribution in [0.5, 0.6) is 0 Å². The lowest BCUT2D eigenvalue weighted by molar-refractivity contribution is 0.0660. The third-order valence-corrected chi connectivity index (χ3v) is 1.29. The molecular weight excluding hydrogens is 150 g/mol. The summed E-state index contributed by atoms with van der Waals surface area (Å²) < 4.78 is 5.35. The van der Waals surface area contributed by atoms with E-state index in [-0.39, 0.29) is 7.43 Å². The minimum Gasteiger partial charge on any atom is -0.377 e. The van der Waals surface area contributed by atoms with Gasteiger partial charge in [-0.3, -0.25) is 4.90 Å². The molecule has 0 aliphatic carbocycles. The van der Waals surface area contributed by atoms with E-state index in [4.69, 9.17) is 11.2 Å². The van der Waals surface area contributed by atoms with Crippen LogP contribution in [-0.2, 0) is 4.74 Å². The van der Waals surface area contributed by atoms with E-state index in [9.17, 15) is 0 Å². The van der Waals surface area contributed by atoms with Crippen molar-refractivity contribution in [3.63, 3.8) is 0 Å². The zero-order valence-corrected chi connectivity index (χ0v) is 7.63. The third kappa shape index (κ3) is 9.48. The second-order valence-corrected chi connectivity index (χ2v) is 2.86. The molecule has 0 aliphatic rings. The summed E-state index contributed by atoms with van der Waals surface area (Å²) in [5.74, 6) is 2.58. The van der Waals surface area contributed by atoms with Crippen molar-refractivity contribution in [2.75, 3.05) is 26.7 Å². The summed E-state index contributed by atoms with van der Waals surface area (Å²) in [6, 6.07) is 0. The van der Waals surface area contributed by atoms with Gasteiger partial charge in [0.05, 0.1) is 19.3 Å². The molecule has 0 heterocycles. The number of ether oxygens (including phenoxy) is 1. The molecule has 0 radical (unpaired) electrons. The Kier molecular flexibility index (Phi) is 10.0. The lowest BCUT2D eigenvalue weighted by atomic mass is 10.5. The summed E-state index contributed by atoms with van der Waals surface area (Å²) in [6.45, 7) is 6.42. The third-order valence-electron chi connectivity index (χ3n) is 1.29. The van der Waals surface area contributed by atoms with E-state index in [2.05, 4.69) is 10.8 Å². The van der Waals surface area contributed by atoms with Crippen LogP contribution in [0.25, 0.3) is 0 Å². The monoisotopic (exact) mass is 171 g/mol. The maximum Gasteiger partial charge on any atom is 0.0597 e. The van der Waals surface area contributed by atoms with Gasteiger partial charge in [0.1, 0.15) is 0 Å². The van der Waals surface area contributed by atoms with Crippen LogP contribution in [0.15, 0.2) is 0 Å². The summed E-state index contributed by atoms with van der Waals surface area (Å²) in [7, 11) is 1.99. The minimum absolute atomic E-state index is 0. The van der Waals surface area contributed by atoms with Crippen LogP contribution >= 0.6 is 0 Å². The number of rotatable bonds is 5. The van der Waals surface area contributed by atoms with E-state index in [1.54, 1.807) is 0 Å². The molecular formula is C10H21NO. The molecule has 0 rings (SSSR count). The molecule has 0 aromatic rings. The summed E-state index contributed by atoms with van der Waals surface area (Å²) >= 11 is 0. The van der Waals surface area contributed by atoms with Crippen LogP contribution in [0.2, 0.25) is 0 Å². The summed E-state index contributed by atoms with van der Waals surface area (Å²) in [6.07, 6.45) is 5.44. The van der Waals surface area contributed by atoms with Crippen molar-refractivity contribution < 1.29 is 4.74 Å². The van der Waals surface area contributed by atoms with Gasteiger partial charge in [-0.1, -0.05) is 13.3 Å². The van der Waals surface area contributed by atoms with Crippen molar-refractivity contribution in [2.45, 2.75) is 27.4 Å². The summed E-state index contributed by atoms with van der Waals surface area (Å²) in [4.78, 5) is 2.06. The molecule has 0 spiro atoms. The zero-order chi connectivity index (χ0) is 8.69. The predicted molar refractivity (Wildman–Crippen MR) is 54.1 cm³/mol. The van der Waals surface area contributed by atoms with Crippen LogP contribution in [0.4, 0.5) is 0 Å². The average Bonchev–Trinajstić information content (AvgIpc) is 1.87. The molecule has 2 heteroatoms. The Morgan fingerprint density at radius 3 is 2.50 bits per heavy atom. The normalized spacial score (nSPS) is 9.67. The first-order chi connectivity index (χ1) is 5.16. The first-order valence-corrected chi connectivity index (χ1v) is 3.90. The van der Waals surface area contributed by atoms with Gasteiger partial charge in [-0.25, -0.2) is 0 Å². The highest BCUT2D eigenvalue weighted by Crippen LogP contribution is 1.88. The standard InChI is InChI=1S/C9H17NO.CH4/c1-5-6-10(4)7-8-11-9(2)3;/h1,9H,6-8H2,2-4H3;1H4. The molecule has 0 saturated carbocycles. The van der Waals surface area contributed by atoms with Gasteiger partial charge < -0.3 is 4.74 Å². The molecule has 0 aromatic carbocycles. The Morgan fingerprint density at radius 2 is 2.08 bits per heavy atom. The van der Waals surface area contributed by atoms with Crippen LogP contribution in [0.1, 0.15) is 21.3 Å². The van der Waals surface area contributed by atoms with Gasteiger partial charge in [0.2, 0.25) is 0 Å². The lowest BCUT2D eigenvalue weighted by Crippen LogP contribution is -2.24. The van der Waals surface area contributed by atoms with Crippen LogP contribution in [-0.4, -0.2) is 37.7 Å². The SMILES string of the molecule is C.C#CCN(C)CCOC(C)C. The Morgan fingerprint density at radius 1 is 1.50 bits per heavy atom. The zero-order valence-electron chi connectivity index (χ0n) is 7.63. The Balaban J connectivity index is 0. The van der Waals surface area contributed by atoms with Crippen LogP contribution in [0.3, 0.4) is 0 Å². The van der Waals surface area contributed by atoms with Gasteiger partial charge in [0, 0.05) is 6.54 Å². The molecule has 0 aromatic heterocycles. The van der Waals surface area contributed by atoms with Crippen molar-refractivity contribution in [1.82, 2.24) is 4.90 Å². The number of terminal acetylenes is 1. The lowest BCUT2D eigenvalue weighted by Gasteiger charge is -2.14. The fourth-order valence-corrected chi connectivity index (χ4v) is 0.679. The minimum atomic E-state index is 0. The second-order valence-electron chi connectivity index (χ2n) is 2.86. The average molecular weight is 171 g/mol. The molecule has 0 saturated heterocycles. The molecule has 0 N–H and O–H groups in total. The number of hydrogen-bond acceptors (Lipinski definition) is 2. The van der Waals surface area contributed by atoms with Crippen LogP contribution < -0.4 is 0 Å². The molecule has 0 aliphatic heterocycles. The maximum absolute atomic E-state index is 5.35. The number of nitrogens with zero attached hydrogens (tertiary/aromatic N) is 1. The Labute approximate surface area is 76.9 Å². The summed E-state index contributed by atoms with van der Waals surface area (Å²) in [5.41, 5.74) is 0. The molecule has 0 unspecified atom stereocenters. The first-order valence-electron chi connectivity index (χ1n) is 3.90. The van der Waals surface area contributed by atoms with E-state index in [0.717, 1.165) is 13.2 Å². The molecule has 0 atom stereocenters. The van der Waals surface area contributed by atoms with Crippen molar-refractivity contribution in [2.24, 2.45) is 0 Å². The van der Waals surface area contributed by atoms with Crippen molar-refractivity contribution in [1.29, 1.82) is 0 Å². The van der Waals surface area contributed by atoms with Gasteiger partial charge in [-0.2, -0.15) is 0 Å². The molecule has 2 nitrogen and oxygen atoms in total. The largest absolute Gasteiger partial charge is 0.377 e. The molecule has 0 bridgehead atoms. The Bertz CT molecular complexity index is 126.